The fraction of sp³-hybridized carbons (Fsp3) is 0.200. The van der Waals surface area contributed by atoms with Crippen LogP contribution < -0.4 is 5.32 Å². The van der Waals surface area contributed by atoms with Crippen LogP contribution >= 0.6 is 15.9 Å². The summed E-state index contributed by atoms with van der Waals surface area (Å²) in [5, 5.41) is 3.15. The summed E-state index contributed by atoms with van der Waals surface area (Å²) >= 11 is 3.37. The molecule has 0 aliphatic heterocycles. The number of hydrogen-bond acceptors (Lipinski definition) is 3. The number of hydrogen-bond donors (Lipinski definition) is 1. The van der Waals surface area contributed by atoms with E-state index in [1.807, 2.05) is 6.92 Å². The molecule has 0 fully saturated rings. The van der Waals surface area contributed by atoms with Crippen LogP contribution in [0.2, 0.25) is 0 Å². The molecule has 0 aliphatic rings. The Bertz CT molecular complexity index is 775. The van der Waals surface area contributed by atoms with Crippen LogP contribution in [-0.4, -0.2) is 14.7 Å². The van der Waals surface area contributed by atoms with Gasteiger partial charge in [-0.05, 0) is 48.4 Å². The molecule has 0 bridgehead atoms. The molecule has 6 heteroatoms. The molecule has 0 amide bonds. The van der Waals surface area contributed by atoms with Gasteiger partial charge in [-0.25, -0.2) is 12.8 Å². The summed E-state index contributed by atoms with van der Waals surface area (Å²) in [5.41, 5.74) is 2.41. The minimum atomic E-state index is -3.25. The van der Waals surface area contributed by atoms with Crippen molar-refractivity contribution in [1.29, 1.82) is 0 Å². The van der Waals surface area contributed by atoms with Crippen molar-refractivity contribution >= 4 is 31.5 Å². The van der Waals surface area contributed by atoms with Gasteiger partial charge in [0.15, 0.2) is 9.84 Å². The first kappa shape index (κ1) is 16.0. The third kappa shape index (κ3) is 4.04. The molecule has 2 rings (SSSR count). The van der Waals surface area contributed by atoms with Gasteiger partial charge in [0.2, 0.25) is 0 Å². The maximum atomic E-state index is 13.2. The zero-order valence-corrected chi connectivity index (χ0v) is 14.1. The van der Waals surface area contributed by atoms with Crippen molar-refractivity contribution in [2.24, 2.45) is 0 Å². The van der Waals surface area contributed by atoms with Crippen molar-refractivity contribution in [1.82, 2.24) is 0 Å². The molecular formula is C15H15BrFNO2S. The summed E-state index contributed by atoms with van der Waals surface area (Å²) in [6.45, 7) is 2.28. The zero-order chi connectivity index (χ0) is 15.6. The van der Waals surface area contributed by atoms with Crippen molar-refractivity contribution < 1.29 is 12.8 Å². The molecule has 0 saturated carbocycles. The second kappa shape index (κ2) is 6.15. The van der Waals surface area contributed by atoms with E-state index in [0.29, 0.717) is 12.2 Å². The summed E-state index contributed by atoms with van der Waals surface area (Å²) in [5.74, 6) is -0.309. The quantitative estimate of drug-likeness (QED) is 0.885. The van der Waals surface area contributed by atoms with E-state index in [9.17, 15) is 12.8 Å². The van der Waals surface area contributed by atoms with Crippen molar-refractivity contribution in [3.8, 4) is 0 Å². The first-order chi connectivity index (χ1) is 9.77. The van der Waals surface area contributed by atoms with Crippen molar-refractivity contribution in [2.45, 2.75) is 18.4 Å². The molecule has 0 atom stereocenters. The Labute approximate surface area is 132 Å². The van der Waals surface area contributed by atoms with E-state index in [1.165, 1.54) is 18.4 Å². The van der Waals surface area contributed by atoms with Gasteiger partial charge in [-0.1, -0.05) is 22.0 Å². The molecule has 0 unspecified atom stereocenters. The van der Waals surface area contributed by atoms with Gasteiger partial charge in [0.05, 0.1) is 4.90 Å². The van der Waals surface area contributed by atoms with Gasteiger partial charge in [-0.2, -0.15) is 0 Å². The van der Waals surface area contributed by atoms with Crippen LogP contribution in [0.4, 0.5) is 10.1 Å². The first-order valence-electron chi connectivity index (χ1n) is 6.26. The summed E-state index contributed by atoms with van der Waals surface area (Å²) in [6, 6.07) is 9.38. The van der Waals surface area contributed by atoms with Gasteiger partial charge in [-0.3, -0.25) is 0 Å². The number of benzene rings is 2. The maximum absolute atomic E-state index is 13.2. The smallest absolute Gasteiger partial charge is 0.175 e. The van der Waals surface area contributed by atoms with Crippen molar-refractivity contribution in [3.05, 3.63) is 57.8 Å². The van der Waals surface area contributed by atoms with E-state index in [2.05, 4.69) is 21.2 Å². The molecule has 3 nitrogen and oxygen atoms in total. The number of sulfone groups is 1. The molecule has 0 aliphatic carbocycles. The largest absolute Gasteiger partial charge is 0.381 e. The van der Waals surface area contributed by atoms with Crippen LogP contribution in [0.15, 0.2) is 45.8 Å². The highest BCUT2D eigenvalue weighted by Crippen LogP contribution is 2.23. The highest BCUT2D eigenvalue weighted by atomic mass is 79.9. The standard InChI is InChI=1S/C15H15BrFNO2S/c1-10-3-5-13(21(2,19)20)8-15(10)18-9-11-7-12(17)4-6-14(11)16/h3-8,18H,9H2,1-2H3. The average molecular weight is 372 g/mol. The molecular weight excluding hydrogens is 357 g/mol. The number of aryl methyl sites for hydroxylation is 1. The topological polar surface area (TPSA) is 46.2 Å². The molecule has 2 aromatic rings. The van der Waals surface area contributed by atoms with E-state index in [1.54, 1.807) is 24.3 Å². The second-order valence-electron chi connectivity index (χ2n) is 4.84. The third-order valence-electron chi connectivity index (χ3n) is 3.11. The van der Waals surface area contributed by atoms with Gasteiger partial charge in [0.25, 0.3) is 0 Å². The summed E-state index contributed by atoms with van der Waals surface area (Å²) < 4.78 is 37.2. The number of rotatable bonds is 4. The Morgan fingerprint density at radius 2 is 1.90 bits per heavy atom. The van der Waals surface area contributed by atoms with Gasteiger partial charge < -0.3 is 5.32 Å². The van der Waals surface area contributed by atoms with Crippen LogP contribution in [0.3, 0.4) is 0 Å². The Balaban J connectivity index is 2.26. The van der Waals surface area contributed by atoms with Crippen LogP contribution in [-0.2, 0) is 16.4 Å². The van der Waals surface area contributed by atoms with E-state index in [4.69, 9.17) is 0 Å². The summed E-state index contributed by atoms with van der Waals surface area (Å²) in [6.07, 6.45) is 1.17. The number of anilines is 1. The molecule has 1 N–H and O–H groups in total. The first-order valence-corrected chi connectivity index (χ1v) is 8.94. The van der Waals surface area contributed by atoms with Crippen molar-refractivity contribution in [2.75, 3.05) is 11.6 Å². The van der Waals surface area contributed by atoms with E-state index in [0.717, 1.165) is 15.6 Å². The molecule has 0 heterocycles. The molecule has 0 saturated heterocycles. The van der Waals surface area contributed by atoms with E-state index in [-0.39, 0.29) is 10.7 Å². The van der Waals surface area contributed by atoms with Crippen LogP contribution in [0, 0.1) is 12.7 Å². The minimum absolute atomic E-state index is 0.258. The summed E-state index contributed by atoms with van der Waals surface area (Å²) in [7, 11) is -3.25. The minimum Gasteiger partial charge on any atom is -0.381 e. The van der Waals surface area contributed by atoms with Gasteiger partial charge >= 0.3 is 0 Å². The van der Waals surface area contributed by atoms with E-state index < -0.39 is 9.84 Å². The lowest BCUT2D eigenvalue weighted by atomic mass is 10.1. The number of nitrogens with one attached hydrogen (secondary N) is 1. The van der Waals surface area contributed by atoms with E-state index >= 15 is 0 Å². The Morgan fingerprint density at radius 3 is 2.57 bits per heavy atom. The predicted molar refractivity (Wildman–Crippen MR) is 85.7 cm³/mol. The molecule has 0 radical (unpaired) electrons. The van der Waals surface area contributed by atoms with Gasteiger partial charge in [0.1, 0.15) is 5.82 Å². The van der Waals surface area contributed by atoms with Gasteiger partial charge in [0, 0.05) is 23.0 Å². The zero-order valence-electron chi connectivity index (χ0n) is 11.7. The maximum Gasteiger partial charge on any atom is 0.175 e. The molecule has 0 spiro atoms. The Morgan fingerprint density at radius 1 is 1.19 bits per heavy atom. The molecule has 21 heavy (non-hydrogen) atoms. The lowest BCUT2D eigenvalue weighted by molar-refractivity contribution is 0.602. The molecule has 0 aromatic heterocycles. The third-order valence-corrected chi connectivity index (χ3v) is 5.00. The van der Waals surface area contributed by atoms with Crippen molar-refractivity contribution in [3.63, 3.8) is 0 Å². The lowest BCUT2D eigenvalue weighted by Crippen LogP contribution is -2.04. The SMILES string of the molecule is Cc1ccc(S(C)(=O)=O)cc1NCc1cc(F)ccc1Br. The monoisotopic (exact) mass is 371 g/mol. The Hall–Kier alpha value is -1.40. The lowest BCUT2D eigenvalue weighted by Gasteiger charge is -2.12. The van der Waals surface area contributed by atoms with Crippen LogP contribution in [0.1, 0.15) is 11.1 Å². The van der Waals surface area contributed by atoms with Crippen LogP contribution in [0.25, 0.3) is 0 Å². The molecule has 112 valence electrons. The average Bonchev–Trinajstić information content (AvgIpc) is 2.40. The molecule has 2 aromatic carbocycles. The normalized spacial score (nSPS) is 11.4. The number of halogens is 2. The predicted octanol–water partition coefficient (Wildman–Crippen LogP) is 3.91. The highest BCUT2D eigenvalue weighted by Gasteiger charge is 2.10. The summed E-state index contributed by atoms with van der Waals surface area (Å²) in [4.78, 5) is 0.258. The van der Waals surface area contributed by atoms with Gasteiger partial charge in [-0.15, -0.1) is 0 Å². The second-order valence-corrected chi connectivity index (χ2v) is 7.71. The fourth-order valence-corrected chi connectivity index (χ4v) is 2.93. The fourth-order valence-electron chi connectivity index (χ4n) is 1.89. The highest BCUT2D eigenvalue weighted by molar-refractivity contribution is 9.10. The van der Waals surface area contributed by atoms with Crippen LogP contribution in [0.5, 0.6) is 0 Å². The Kier molecular flexibility index (Phi) is 4.68.